The molecule has 1 atom stereocenters. The molecule has 1 aromatic heterocycles. The van der Waals surface area contributed by atoms with E-state index in [2.05, 4.69) is 18.0 Å². The molecule has 0 N–H and O–H groups in total. The summed E-state index contributed by atoms with van der Waals surface area (Å²) in [5, 5.41) is 0. The maximum atomic E-state index is 5.71. The minimum absolute atomic E-state index is 0.306. The van der Waals surface area contributed by atoms with E-state index in [1.54, 1.807) is 0 Å². The summed E-state index contributed by atoms with van der Waals surface area (Å²) in [5.74, 6) is 0.923. The summed E-state index contributed by atoms with van der Waals surface area (Å²) in [5.41, 5.74) is 2.20. The standard InChI is InChI=1S/C12H17NO2/c1-3-4-11-12(5-9(2)6-13-11)15-8-10-7-14-10/h5-6,10H,3-4,7-8H2,1-2H3/t10-/m0/s1. The summed E-state index contributed by atoms with van der Waals surface area (Å²) >= 11 is 0. The maximum absolute atomic E-state index is 5.71. The lowest BCUT2D eigenvalue weighted by Crippen LogP contribution is -2.07. The van der Waals surface area contributed by atoms with Crippen molar-refractivity contribution in [3.8, 4) is 5.75 Å². The molecule has 3 nitrogen and oxygen atoms in total. The molecule has 82 valence electrons. The van der Waals surface area contributed by atoms with Crippen molar-refractivity contribution in [3.63, 3.8) is 0 Å². The van der Waals surface area contributed by atoms with E-state index in [1.807, 2.05) is 13.1 Å². The van der Waals surface area contributed by atoms with Crippen LogP contribution in [0.2, 0.25) is 0 Å². The number of hydrogen-bond donors (Lipinski definition) is 0. The molecule has 15 heavy (non-hydrogen) atoms. The van der Waals surface area contributed by atoms with Crippen molar-refractivity contribution in [1.82, 2.24) is 4.98 Å². The molecule has 0 bridgehead atoms. The molecule has 0 spiro atoms. The Labute approximate surface area is 90.4 Å². The van der Waals surface area contributed by atoms with Gasteiger partial charge in [-0.2, -0.15) is 0 Å². The van der Waals surface area contributed by atoms with Gasteiger partial charge in [0.05, 0.1) is 12.3 Å². The molecule has 3 heteroatoms. The van der Waals surface area contributed by atoms with Gasteiger partial charge in [0, 0.05) is 6.20 Å². The van der Waals surface area contributed by atoms with E-state index >= 15 is 0 Å². The first-order chi connectivity index (χ1) is 7.29. The number of hydrogen-bond acceptors (Lipinski definition) is 3. The lowest BCUT2D eigenvalue weighted by atomic mass is 10.2. The number of nitrogens with zero attached hydrogens (tertiary/aromatic N) is 1. The van der Waals surface area contributed by atoms with Crippen LogP contribution in [0.25, 0.3) is 0 Å². The summed E-state index contributed by atoms with van der Waals surface area (Å²) in [4.78, 5) is 4.40. The first kappa shape index (κ1) is 10.4. The summed E-state index contributed by atoms with van der Waals surface area (Å²) in [6.07, 6.45) is 4.26. The van der Waals surface area contributed by atoms with E-state index < -0.39 is 0 Å². The van der Waals surface area contributed by atoms with Crippen molar-refractivity contribution >= 4 is 0 Å². The fourth-order valence-corrected chi connectivity index (χ4v) is 1.47. The molecule has 1 aliphatic heterocycles. The Morgan fingerprint density at radius 2 is 2.40 bits per heavy atom. The number of rotatable bonds is 5. The SMILES string of the molecule is CCCc1ncc(C)cc1OC[C@@H]1CO1. The lowest BCUT2D eigenvalue weighted by molar-refractivity contribution is 0.260. The average Bonchev–Trinajstić information content (AvgIpc) is 3.02. The fourth-order valence-electron chi connectivity index (χ4n) is 1.47. The molecule has 0 aromatic carbocycles. The number of aryl methyl sites for hydroxylation is 2. The molecule has 2 heterocycles. The van der Waals surface area contributed by atoms with Crippen LogP contribution < -0.4 is 4.74 Å². The second-order valence-corrected chi connectivity index (χ2v) is 3.97. The van der Waals surface area contributed by atoms with Gasteiger partial charge in [0.2, 0.25) is 0 Å². The topological polar surface area (TPSA) is 34.6 Å². The largest absolute Gasteiger partial charge is 0.489 e. The van der Waals surface area contributed by atoms with Gasteiger partial charge in [-0.15, -0.1) is 0 Å². The van der Waals surface area contributed by atoms with Gasteiger partial charge in [-0.05, 0) is 25.0 Å². The second-order valence-electron chi connectivity index (χ2n) is 3.97. The molecule has 2 rings (SSSR count). The van der Waals surface area contributed by atoms with Crippen molar-refractivity contribution < 1.29 is 9.47 Å². The molecular formula is C12H17NO2. The van der Waals surface area contributed by atoms with Crippen LogP contribution in [0.1, 0.15) is 24.6 Å². The predicted octanol–water partition coefficient (Wildman–Crippen LogP) is 2.12. The van der Waals surface area contributed by atoms with E-state index in [0.717, 1.165) is 36.5 Å². The van der Waals surface area contributed by atoms with E-state index in [0.29, 0.717) is 12.7 Å². The molecule has 0 unspecified atom stereocenters. The third-order valence-corrected chi connectivity index (χ3v) is 2.38. The minimum atomic E-state index is 0.306. The summed E-state index contributed by atoms with van der Waals surface area (Å²) < 4.78 is 10.8. The Bertz CT molecular complexity index is 334. The van der Waals surface area contributed by atoms with Crippen LogP contribution in [-0.4, -0.2) is 24.3 Å². The number of epoxide rings is 1. The Kier molecular flexibility index (Phi) is 3.21. The highest BCUT2D eigenvalue weighted by molar-refractivity contribution is 5.31. The van der Waals surface area contributed by atoms with Gasteiger partial charge in [0.1, 0.15) is 18.5 Å². The molecule has 0 saturated carbocycles. The monoisotopic (exact) mass is 207 g/mol. The average molecular weight is 207 g/mol. The Morgan fingerprint density at radius 1 is 1.60 bits per heavy atom. The third-order valence-electron chi connectivity index (χ3n) is 2.38. The zero-order chi connectivity index (χ0) is 10.7. The molecule has 1 saturated heterocycles. The molecular weight excluding hydrogens is 190 g/mol. The van der Waals surface area contributed by atoms with Gasteiger partial charge < -0.3 is 9.47 Å². The van der Waals surface area contributed by atoms with E-state index in [9.17, 15) is 0 Å². The van der Waals surface area contributed by atoms with Crippen molar-refractivity contribution in [2.24, 2.45) is 0 Å². The van der Waals surface area contributed by atoms with Crippen LogP contribution in [0.4, 0.5) is 0 Å². The van der Waals surface area contributed by atoms with E-state index in [1.165, 1.54) is 0 Å². The summed E-state index contributed by atoms with van der Waals surface area (Å²) in [6, 6.07) is 2.06. The lowest BCUT2D eigenvalue weighted by Gasteiger charge is -2.09. The van der Waals surface area contributed by atoms with Crippen LogP contribution in [0.3, 0.4) is 0 Å². The van der Waals surface area contributed by atoms with Crippen LogP contribution in [0.5, 0.6) is 5.75 Å². The number of ether oxygens (including phenoxy) is 2. The molecule has 0 amide bonds. The molecule has 0 radical (unpaired) electrons. The summed E-state index contributed by atoms with van der Waals surface area (Å²) in [6.45, 7) is 5.67. The predicted molar refractivity (Wildman–Crippen MR) is 58.2 cm³/mol. The Morgan fingerprint density at radius 3 is 3.07 bits per heavy atom. The molecule has 1 aliphatic rings. The molecule has 1 fully saturated rings. The first-order valence-corrected chi connectivity index (χ1v) is 5.49. The normalized spacial score (nSPS) is 18.9. The smallest absolute Gasteiger partial charge is 0.141 e. The highest BCUT2D eigenvalue weighted by Gasteiger charge is 2.23. The van der Waals surface area contributed by atoms with Crippen LogP contribution in [0.15, 0.2) is 12.3 Å². The van der Waals surface area contributed by atoms with Gasteiger partial charge in [0.25, 0.3) is 0 Å². The molecule has 0 aliphatic carbocycles. The highest BCUT2D eigenvalue weighted by Crippen LogP contribution is 2.21. The van der Waals surface area contributed by atoms with E-state index in [-0.39, 0.29) is 0 Å². The van der Waals surface area contributed by atoms with Crippen molar-refractivity contribution in [1.29, 1.82) is 0 Å². The van der Waals surface area contributed by atoms with Gasteiger partial charge in [-0.25, -0.2) is 0 Å². The fraction of sp³-hybridized carbons (Fsp3) is 0.583. The minimum Gasteiger partial charge on any atom is -0.489 e. The van der Waals surface area contributed by atoms with Gasteiger partial charge >= 0.3 is 0 Å². The van der Waals surface area contributed by atoms with Crippen LogP contribution in [0, 0.1) is 6.92 Å². The first-order valence-electron chi connectivity index (χ1n) is 5.49. The number of pyridine rings is 1. The highest BCUT2D eigenvalue weighted by atomic mass is 16.6. The molecule has 1 aromatic rings. The van der Waals surface area contributed by atoms with Crippen molar-refractivity contribution in [2.75, 3.05) is 13.2 Å². The van der Waals surface area contributed by atoms with Gasteiger partial charge in [-0.3, -0.25) is 4.98 Å². The Hall–Kier alpha value is -1.09. The van der Waals surface area contributed by atoms with Crippen molar-refractivity contribution in [2.45, 2.75) is 32.8 Å². The van der Waals surface area contributed by atoms with Gasteiger partial charge in [0.15, 0.2) is 0 Å². The van der Waals surface area contributed by atoms with Crippen molar-refractivity contribution in [3.05, 3.63) is 23.5 Å². The van der Waals surface area contributed by atoms with Gasteiger partial charge in [-0.1, -0.05) is 13.3 Å². The van der Waals surface area contributed by atoms with E-state index in [4.69, 9.17) is 9.47 Å². The summed E-state index contributed by atoms with van der Waals surface area (Å²) in [7, 11) is 0. The van der Waals surface area contributed by atoms with Crippen LogP contribution in [-0.2, 0) is 11.2 Å². The second kappa shape index (κ2) is 4.62. The maximum Gasteiger partial charge on any atom is 0.141 e. The Balaban J connectivity index is 2.05. The van der Waals surface area contributed by atoms with Crippen LogP contribution >= 0.6 is 0 Å². The zero-order valence-corrected chi connectivity index (χ0v) is 9.32. The quantitative estimate of drug-likeness (QED) is 0.694. The zero-order valence-electron chi connectivity index (χ0n) is 9.32. The number of aromatic nitrogens is 1. The third kappa shape index (κ3) is 2.93.